The lowest BCUT2D eigenvalue weighted by Crippen LogP contribution is -2.01. The van der Waals surface area contributed by atoms with Gasteiger partial charge >= 0.3 is 0 Å². The van der Waals surface area contributed by atoms with Crippen molar-refractivity contribution >= 4 is 0 Å². The molecule has 0 aliphatic carbocycles. The van der Waals surface area contributed by atoms with Crippen LogP contribution in [0.5, 0.6) is 0 Å². The molecule has 8 heavy (non-hydrogen) atoms. The smallest absolute Gasteiger partial charge is 0.210 e. The third-order valence-corrected chi connectivity index (χ3v) is 0.674. The molecule has 0 aliphatic heterocycles. The molecule has 50 valence electrons. The predicted molar refractivity (Wildman–Crippen MR) is 29.6 cm³/mol. The molecule has 0 aromatic carbocycles. The molecule has 0 amide bonds. The van der Waals surface area contributed by atoms with Gasteiger partial charge in [0, 0.05) is 13.2 Å². The van der Waals surface area contributed by atoms with Gasteiger partial charge in [-0.05, 0) is 6.42 Å². The van der Waals surface area contributed by atoms with Crippen molar-refractivity contribution in [1.29, 1.82) is 1.43 Å². The van der Waals surface area contributed by atoms with Gasteiger partial charge in [0.15, 0.2) is 0 Å². The minimum absolute atomic E-state index is 0.154. The van der Waals surface area contributed by atoms with Gasteiger partial charge < -0.3 is 15.0 Å². The SMILES string of the molecule is [2H]OCCOCCCO. The monoisotopic (exact) mass is 121 g/mol. The maximum absolute atomic E-state index is 8.27. The van der Waals surface area contributed by atoms with Gasteiger partial charge in [-0.25, -0.2) is 0 Å². The zero-order valence-electron chi connectivity index (χ0n) is 5.80. The minimum Gasteiger partial charge on any atom is -0.396 e. The quantitative estimate of drug-likeness (QED) is 0.460. The number of hydrogen-bond acceptors (Lipinski definition) is 3. The molecule has 0 bridgehead atoms. The molecule has 0 spiro atoms. The van der Waals surface area contributed by atoms with Gasteiger partial charge in [0.25, 0.3) is 0 Å². The Morgan fingerprint density at radius 3 is 2.88 bits per heavy atom. The van der Waals surface area contributed by atoms with Crippen LogP contribution in [0, 0.1) is 0 Å². The first-order chi connectivity index (χ1) is 4.41. The molecule has 0 aliphatic rings. The summed E-state index contributed by atoms with van der Waals surface area (Å²) in [4.78, 5) is 0. The highest BCUT2D eigenvalue weighted by atomic mass is 16.5. The van der Waals surface area contributed by atoms with Gasteiger partial charge in [-0.15, -0.1) is 0 Å². The summed E-state index contributed by atoms with van der Waals surface area (Å²) < 4.78 is 11.2. The summed E-state index contributed by atoms with van der Waals surface area (Å²) in [5.74, 6) is 0. The number of aliphatic hydroxyl groups excluding tert-OH is 2. The molecule has 3 heteroatoms. The molecular formula is C5H12O3. The maximum Gasteiger partial charge on any atom is 0.210 e. The van der Waals surface area contributed by atoms with E-state index in [-0.39, 0.29) is 6.61 Å². The normalized spacial score (nSPS) is 11.4. The van der Waals surface area contributed by atoms with Gasteiger partial charge in [0.05, 0.1) is 13.2 Å². The summed E-state index contributed by atoms with van der Waals surface area (Å²) in [6, 6.07) is 0. The first kappa shape index (κ1) is 6.01. The Morgan fingerprint density at radius 1 is 1.38 bits per heavy atom. The Bertz CT molecular complexity index is 45.5. The van der Waals surface area contributed by atoms with Crippen LogP contribution in [0.4, 0.5) is 0 Å². The second kappa shape index (κ2) is 6.88. The number of ether oxygens (including phenoxy) is 1. The summed E-state index contributed by atoms with van der Waals surface area (Å²) in [5.41, 5.74) is 0. The van der Waals surface area contributed by atoms with Gasteiger partial charge in [0.1, 0.15) is 0 Å². The molecule has 0 heterocycles. The molecule has 0 radical (unpaired) electrons. The van der Waals surface area contributed by atoms with E-state index in [1.165, 1.54) is 0 Å². The molecular weight excluding hydrogens is 108 g/mol. The highest BCUT2D eigenvalue weighted by Gasteiger charge is 1.83. The molecule has 0 atom stereocenters. The van der Waals surface area contributed by atoms with Gasteiger partial charge in [-0.3, -0.25) is 0 Å². The van der Waals surface area contributed by atoms with E-state index >= 15 is 0 Å². The fraction of sp³-hybridized carbons (Fsp3) is 1.00. The van der Waals surface area contributed by atoms with Crippen LogP contribution in [0.1, 0.15) is 6.42 Å². The molecule has 3 nitrogen and oxygen atoms in total. The molecule has 2 N–H and O–H groups in total. The lowest BCUT2D eigenvalue weighted by Gasteiger charge is -1.97. The zero-order valence-corrected chi connectivity index (χ0v) is 4.80. The van der Waals surface area contributed by atoms with Crippen LogP contribution in [0.3, 0.4) is 0 Å². The molecule has 0 saturated heterocycles. The average molecular weight is 121 g/mol. The first-order valence-corrected chi connectivity index (χ1v) is 2.68. The van der Waals surface area contributed by atoms with Crippen molar-refractivity contribution in [3.05, 3.63) is 0 Å². The van der Waals surface area contributed by atoms with E-state index in [0.717, 1.165) is 0 Å². The van der Waals surface area contributed by atoms with Crippen LogP contribution in [0.25, 0.3) is 0 Å². The van der Waals surface area contributed by atoms with Crippen LogP contribution < -0.4 is 0 Å². The van der Waals surface area contributed by atoms with Crippen LogP contribution in [-0.2, 0) is 4.74 Å². The summed E-state index contributed by atoms with van der Waals surface area (Å²) in [6.07, 6.45) is 0.651. The van der Waals surface area contributed by atoms with Crippen LogP contribution in [0.15, 0.2) is 0 Å². The summed E-state index contributed by atoms with van der Waals surface area (Å²) in [6.45, 7) is 1.43. The van der Waals surface area contributed by atoms with Crippen LogP contribution >= 0.6 is 0 Å². The van der Waals surface area contributed by atoms with Crippen molar-refractivity contribution in [1.82, 2.24) is 0 Å². The highest BCUT2D eigenvalue weighted by Crippen LogP contribution is 1.78. The third kappa shape index (κ3) is 5.88. The Balaban J connectivity index is 2.60. The standard InChI is InChI=1S/C5H12O3/c6-2-1-4-8-5-3-7/h6-7H,1-5H2/i7D. The Kier molecular flexibility index (Phi) is 5.17. The van der Waals surface area contributed by atoms with Crippen LogP contribution in [0.2, 0.25) is 0 Å². The molecule has 0 aromatic heterocycles. The van der Waals surface area contributed by atoms with E-state index in [4.69, 9.17) is 11.3 Å². The van der Waals surface area contributed by atoms with Crippen LogP contribution in [-0.4, -0.2) is 38.1 Å². The summed E-state index contributed by atoms with van der Waals surface area (Å²) in [5, 5.41) is 12.3. The van der Waals surface area contributed by atoms with E-state index in [0.29, 0.717) is 26.2 Å². The second-order valence-corrected chi connectivity index (χ2v) is 1.39. The lowest BCUT2D eigenvalue weighted by atomic mass is 10.5. The third-order valence-electron chi connectivity index (χ3n) is 0.674. The fourth-order valence-corrected chi connectivity index (χ4v) is 0.328. The summed E-state index contributed by atoms with van der Waals surface area (Å²) in [7, 11) is 0. The van der Waals surface area contributed by atoms with Crippen molar-refractivity contribution in [3.8, 4) is 0 Å². The Hall–Kier alpha value is -0.120. The predicted octanol–water partition coefficient (Wildman–Crippen LogP) is -0.622. The molecule has 0 fully saturated rings. The number of hydrogen-bond donors (Lipinski definition) is 2. The molecule has 0 rings (SSSR count). The largest absolute Gasteiger partial charge is 0.396 e. The van der Waals surface area contributed by atoms with Crippen molar-refractivity contribution in [2.45, 2.75) is 6.42 Å². The average Bonchev–Trinajstić information content (AvgIpc) is 1.89. The number of aliphatic hydroxyl groups is 2. The Morgan fingerprint density at radius 2 is 2.25 bits per heavy atom. The van der Waals surface area contributed by atoms with E-state index in [2.05, 4.69) is 5.11 Å². The van der Waals surface area contributed by atoms with Gasteiger partial charge in [0.2, 0.25) is 1.43 Å². The fourth-order valence-electron chi connectivity index (χ4n) is 0.328. The minimum atomic E-state index is 0.154. The number of rotatable bonds is 6. The van der Waals surface area contributed by atoms with Gasteiger partial charge in [-0.1, -0.05) is 0 Å². The Labute approximate surface area is 50.4 Å². The molecule has 0 unspecified atom stereocenters. The first-order valence-electron chi connectivity index (χ1n) is 3.09. The molecule has 0 aromatic rings. The molecule has 0 saturated carbocycles. The van der Waals surface area contributed by atoms with Crippen molar-refractivity contribution in [2.24, 2.45) is 0 Å². The van der Waals surface area contributed by atoms with Crippen molar-refractivity contribution in [2.75, 3.05) is 26.4 Å². The second-order valence-electron chi connectivity index (χ2n) is 1.39. The zero-order chi connectivity index (χ0) is 6.95. The van der Waals surface area contributed by atoms with Gasteiger partial charge in [-0.2, -0.15) is 0 Å². The lowest BCUT2D eigenvalue weighted by molar-refractivity contribution is 0.0816. The van der Waals surface area contributed by atoms with E-state index < -0.39 is 0 Å². The highest BCUT2D eigenvalue weighted by molar-refractivity contribution is 4.30. The van der Waals surface area contributed by atoms with E-state index in [9.17, 15) is 0 Å². The van der Waals surface area contributed by atoms with E-state index in [1.807, 2.05) is 0 Å². The summed E-state index contributed by atoms with van der Waals surface area (Å²) >= 11 is 0. The topological polar surface area (TPSA) is 49.7 Å². The van der Waals surface area contributed by atoms with Crippen molar-refractivity contribution in [3.63, 3.8) is 0 Å². The maximum atomic E-state index is 8.27. The van der Waals surface area contributed by atoms with E-state index in [1.54, 1.807) is 0 Å². The van der Waals surface area contributed by atoms with Crippen molar-refractivity contribution < 1.29 is 15.0 Å².